The summed E-state index contributed by atoms with van der Waals surface area (Å²) < 4.78 is 7.41. The predicted octanol–water partition coefficient (Wildman–Crippen LogP) is 1.98. The van der Waals surface area contributed by atoms with Crippen LogP contribution in [0.25, 0.3) is 0 Å². The van der Waals surface area contributed by atoms with E-state index in [9.17, 15) is 0 Å². The fourth-order valence-corrected chi connectivity index (χ4v) is 1.55. The lowest BCUT2D eigenvalue weighted by Crippen LogP contribution is -1.99. The van der Waals surface area contributed by atoms with Gasteiger partial charge >= 0.3 is 0 Å². The summed E-state index contributed by atoms with van der Waals surface area (Å²) in [5, 5.41) is 4.05. The average Bonchev–Trinajstić information content (AvgIpc) is 2.67. The van der Waals surface area contributed by atoms with E-state index in [1.807, 2.05) is 38.4 Å². The van der Waals surface area contributed by atoms with Crippen molar-refractivity contribution in [2.45, 2.75) is 13.5 Å². The van der Waals surface area contributed by atoms with Crippen LogP contribution in [-0.4, -0.2) is 9.78 Å². The molecule has 0 radical (unpaired) electrons. The monoisotopic (exact) mass is 217 g/mol. The SMILES string of the molecule is Cc1ccc(Oc2cnn(C)c2)c(CN)c1. The zero-order valence-electron chi connectivity index (χ0n) is 9.47. The number of nitrogens with two attached hydrogens (primary N) is 1. The zero-order chi connectivity index (χ0) is 11.5. The van der Waals surface area contributed by atoms with Gasteiger partial charge in [-0.1, -0.05) is 17.7 Å². The van der Waals surface area contributed by atoms with Crippen molar-refractivity contribution >= 4 is 0 Å². The van der Waals surface area contributed by atoms with Crippen LogP contribution in [-0.2, 0) is 13.6 Å². The van der Waals surface area contributed by atoms with Gasteiger partial charge in [-0.3, -0.25) is 4.68 Å². The van der Waals surface area contributed by atoms with E-state index in [0.717, 1.165) is 17.1 Å². The minimum Gasteiger partial charge on any atom is -0.454 e. The Morgan fingerprint density at radius 2 is 2.25 bits per heavy atom. The molecular weight excluding hydrogens is 202 g/mol. The van der Waals surface area contributed by atoms with Crippen LogP contribution in [0, 0.1) is 6.92 Å². The molecule has 0 unspecified atom stereocenters. The quantitative estimate of drug-likeness (QED) is 0.855. The van der Waals surface area contributed by atoms with Crippen molar-refractivity contribution in [3.63, 3.8) is 0 Å². The summed E-state index contributed by atoms with van der Waals surface area (Å²) in [4.78, 5) is 0. The molecule has 0 aliphatic rings. The van der Waals surface area contributed by atoms with Gasteiger partial charge in [-0.15, -0.1) is 0 Å². The Morgan fingerprint density at radius 3 is 2.88 bits per heavy atom. The van der Waals surface area contributed by atoms with Crippen LogP contribution in [0.2, 0.25) is 0 Å². The van der Waals surface area contributed by atoms with Crippen LogP contribution in [0.5, 0.6) is 11.5 Å². The molecule has 0 saturated carbocycles. The molecule has 0 fully saturated rings. The second-order valence-electron chi connectivity index (χ2n) is 3.77. The molecule has 2 N–H and O–H groups in total. The van der Waals surface area contributed by atoms with Crippen LogP contribution in [0.15, 0.2) is 30.6 Å². The number of aryl methyl sites for hydroxylation is 2. The normalized spacial score (nSPS) is 10.4. The number of hydrogen-bond acceptors (Lipinski definition) is 3. The molecule has 1 aromatic heterocycles. The van der Waals surface area contributed by atoms with E-state index in [2.05, 4.69) is 5.10 Å². The first-order valence-corrected chi connectivity index (χ1v) is 5.15. The van der Waals surface area contributed by atoms with Crippen molar-refractivity contribution in [2.75, 3.05) is 0 Å². The van der Waals surface area contributed by atoms with E-state index in [1.165, 1.54) is 5.56 Å². The maximum atomic E-state index is 5.71. The smallest absolute Gasteiger partial charge is 0.165 e. The van der Waals surface area contributed by atoms with Gasteiger partial charge in [0, 0.05) is 19.2 Å². The van der Waals surface area contributed by atoms with Crippen molar-refractivity contribution in [1.29, 1.82) is 0 Å². The Labute approximate surface area is 94.6 Å². The van der Waals surface area contributed by atoms with Gasteiger partial charge in [-0.05, 0) is 13.0 Å². The highest BCUT2D eigenvalue weighted by atomic mass is 16.5. The highest BCUT2D eigenvalue weighted by Gasteiger charge is 2.05. The molecule has 0 aliphatic carbocycles. The second kappa shape index (κ2) is 4.37. The fourth-order valence-electron chi connectivity index (χ4n) is 1.55. The van der Waals surface area contributed by atoms with Crippen molar-refractivity contribution in [3.8, 4) is 11.5 Å². The van der Waals surface area contributed by atoms with E-state index in [0.29, 0.717) is 6.54 Å². The standard InChI is InChI=1S/C12H15N3O/c1-9-3-4-12(10(5-9)6-13)16-11-7-14-15(2)8-11/h3-5,7-8H,6,13H2,1-2H3. The van der Waals surface area contributed by atoms with Crippen LogP contribution in [0.3, 0.4) is 0 Å². The Morgan fingerprint density at radius 1 is 1.44 bits per heavy atom. The van der Waals surface area contributed by atoms with Gasteiger partial charge < -0.3 is 10.5 Å². The molecule has 0 saturated heterocycles. The van der Waals surface area contributed by atoms with Crippen LogP contribution >= 0.6 is 0 Å². The number of ether oxygens (including phenoxy) is 1. The fraction of sp³-hybridized carbons (Fsp3) is 0.250. The number of rotatable bonds is 3. The molecule has 0 amide bonds. The Bertz CT molecular complexity index is 491. The highest BCUT2D eigenvalue weighted by molar-refractivity contribution is 5.39. The van der Waals surface area contributed by atoms with Gasteiger partial charge in [0.05, 0.1) is 12.4 Å². The topological polar surface area (TPSA) is 53.1 Å². The first kappa shape index (κ1) is 10.7. The molecule has 4 heteroatoms. The van der Waals surface area contributed by atoms with Crippen LogP contribution in [0.4, 0.5) is 0 Å². The molecule has 16 heavy (non-hydrogen) atoms. The van der Waals surface area contributed by atoms with E-state index in [4.69, 9.17) is 10.5 Å². The van der Waals surface area contributed by atoms with Gasteiger partial charge in [0.2, 0.25) is 0 Å². The van der Waals surface area contributed by atoms with Crippen molar-refractivity contribution in [3.05, 3.63) is 41.7 Å². The van der Waals surface area contributed by atoms with Gasteiger partial charge in [-0.25, -0.2) is 0 Å². The minimum absolute atomic E-state index is 0.470. The van der Waals surface area contributed by atoms with E-state index >= 15 is 0 Å². The minimum atomic E-state index is 0.470. The van der Waals surface area contributed by atoms with E-state index < -0.39 is 0 Å². The van der Waals surface area contributed by atoms with E-state index in [1.54, 1.807) is 10.9 Å². The summed E-state index contributed by atoms with van der Waals surface area (Å²) in [5.74, 6) is 1.52. The van der Waals surface area contributed by atoms with Gasteiger partial charge in [-0.2, -0.15) is 5.10 Å². The largest absolute Gasteiger partial charge is 0.454 e. The first-order chi connectivity index (χ1) is 7.69. The molecule has 84 valence electrons. The Balaban J connectivity index is 2.27. The maximum absolute atomic E-state index is 5.71. The molecule has 1 heterocycles. The van der Waals surface area contributed by atoms with Crippen molar-refractivity contribution in [1.82, 2.24) is 9.78 Å². The summed E-state index contributed by atoms with van der Waals surface area (Å²) in [6, 6.07) is 5.97. The summed E-state index contributed by atoms with van der Waals surface area (Å²) in [5.41, 5.74) is 7.86. The summed E-state index contributed by atoms with van der Waals surface area (Å²) in [7, 11) is 1.85. The molecule has 0 atom stereocenters. The number of benzene rings is 1. The lowest BCUT2D eigenvalue weighted by Gasteiger charge is -2.08. The van der Waals surface area contributed by atoms with Gasteiger partial charge in [0.25, 0.3) is 0 Å². The molecule has 0 spiro atoms. The number of aromatic nitrogens is 2. The molecule has 2 aromatic rings. The molecule has 2 rings (SSSR count). The second-order valence-corrected chi connectivity index (χ2v) is 3.77. The van der Waals surface area contributed by atoms with Gasteiger partial charge in [0.15, 0.2) is 5.75 Å². The summed E-state index contributed by atoms with van der Waals surface area (Å²) >= 11 is 0. The Kier molecular flexibility index (Phi) is 2.92. The zero-order valence-corrected chi connectivity index (χ0v) is 9.47. The third kappa shape index (κ3) is 2.23. The third-order valence-electron chi connectivity index (χ3n) is 2.34. The molecule has 1 aromatic carbocycles. The molecular formula is C12H15N3O. The molecule has 0 aliphatic heterocycles. The lowest BCUT2D eigenvalue weighted by atomic mass is 10.1. The molecule has 4 nitrogen and oxygen atoms in total. The van der Waals surface area contributed by atoms with Crippen molar-refractivity contribution in [2.24, 2.45) is 12.8 Å². The van der Waals surface area contributed by atoms with Crippen LogP contribution < -0.4 is 10.5 Å². The van der Waals surface area contributed by atoms with Gasteiger partial charge in [0.1, 0.15) is 5.75 Å². The average molecular weight is 217 g/mol. The molecule has 0 bridgehead atoms. The maximum Gasteiger partial charge on any atom is 0.165 e. The number of hydrogen-bond donors (Lipinski definition) is 1. The first-order valence-electron chi connectivity index (χ1n) is 5.15. The van der Waals surface area contributed by atoms with E-state index in [-0.39, 0.29) is 0 Å². The summed E-state index contributed by atoms with van der Waals surface area (Å²) in [6.45, 7) is 2.50. The summed E-state index contributed by atoms with van der Waals surface area (Å²) in [6.07, 6.45) is 3.50. The third-order valence-corrected chi connectivity index (χ3v) is 2.34. The highest BCUT2D eigenvalue weighted by Crippen LogP contribution is 2.25. The number of nitrogens with zero attached hydrogens (tertiary/aromatic N) is 2. The Hall–Kier alpha value is -1.81. The lowest BCUT2D eigenvalue weighted by molar-refractivity contribution is 0.475. The van der Waals surface area contributed by atoms with Crippen LogP contribution in [0.1, 0.15) is 11.1 Å². The predicted molar refractivity (Wildman–Crippen MR) is 62.4 cm³/mol. The van der Waals surface area contributed by atoms with Crippen molar-refractivity contribution < 1.29 is 4.74 Å².